The second kappa shape index (κ2) is 10.8. The molecule has 29 heavy (non-hydrogen) atoms. The van der Waals surface area contributed by atoms with Gasteiger partial charge in [-0.25, -0.2) is 0 Å². The number of benzene rings is 3. The summed E-state index contributed by atoms with van der Waals surface area (Å²) in [6, 6.07) is 29.6. The van der Waals surface area contributed by atoms with Gasteiger partial charge in [0.15, 0.2) is 0 Å². The quantitative estimate of drug-likeness (QED) is 0.209. The molecule has 2 nitrogen and oxygen atoms in total. The van der Waals surface area contributed by atoms with Crippen LogP contribution in [0.1, 0.15) is 24.8 Å². The molecule has 3 rings (SSSR count). The zero-order chi connectivity index (χ0) is 20.4. The number of allylic oxidation sites excluding steroid dienone is 1. The van der Waals surface area contributed by atoms with Crippen LogP contribution in [0.2, 0.25) is 0 Å². The summed E-state index contributed by atoms with van der Waals surface area (Å²) in [7, 11) is 1.70. The van der Waals surface area contributed by atoms with E-state index in [9.17, 15) is 0 Å². The molecule has 3 aromatic rings. The number of nitrogens with one attached hydrogen (secondary N) is 1. The van der Waals surface area contributed by atoms with Crippen molar-refractivity contribution in [3.8, 4) is 5.75 Å². The van der Waals surface area contributed by atoms with Gasteiger partial charge < -0.3 is 10.1 Å². The van der Waals surface area contributed by atoms with Crippen molar-refractivity contribution in [1.29, 1.82) is 0 Å². The van der Waals surface area contributed by atoms with Gasteiger partial charge in [-0.2, -0.15) is 0 Å². The Labute approximate surface area is 179 Å². The Morgan fingerprint density at radius 1 is 0.931 bits per heavy atom. The second-order valence-electron chi connectivity index (χ2n) is 7.08. The molecule has 1 N–H and O–H groups in total. The van der Waals surface area contributed by atoms with Crippen molar-refractivity contribution in [1.82, 2.24) is 0 Å². The molecule has 0 saturated carbocycles. The largest absolute Gasteiger partial charge is 0.497 e. The molecular weight excluding hydrogens is 374 g/mol. The molecule has 0 saturated heterocycles. The summed E-state index contributed by atoms with van der Waals surface area (Å²) in [5.74, 6) is 1.80. The Bertz CT molecular complexity index is 864. The molecule has 150 valence electrons. The van der Waals surface area contributed by atoms with Gasteiger partial charge in [0.1, 0.15) is 5.75 Å². The predicted octanol–water partition coefficient (Wildman–Crippen LogP) is 7.15. The minimum atomic E-state index is -0.181. The lowest BCUT2D eigenvalue weighted by Crippen LogP contribution is -2.38. The summed E-state index contributed by atoms with van der Waals surface area (Å²) < 4.78 is 5.33. The van der Waals surface area contributed by atoms with Crippen molar-refractivity contribution < 1.29 is 4.74 Å². The first-order chi connectivity index (χ1) is 14.3. The fourth-order valence-corrected chi connectivity index (χ4v) is 4.60. The van der Waals surface area contributed by atoms with Gasteiger partial charge in [0.2, 0.25) is 0 Å². The van der Waals surface area contributed by atoms with Gasteiger partial charge in [-0.15, -0.1) is 18.3 Å². The fourth-order valence-electron chi connectivity index (χ4n) is 3.45. The summed E-state index contributed by atoms with van der Waals surface area (Å²) in [6.07, 6.45) is 5.12. The van der Waals surface area contributed by atoms with Crippen LogP contribution in [0.5, 0.6) is 5.75 Å². The van der Waals surface area contributed by atoms with Gasteiger partial charge >= 0.3 is 0 Å². The number of anilines is 1. The van der Waals surface area contributed by atoms with E-state index in [4.69, 9.17) is 4.74 Å². The minimum Gasteiger partial charge on any atom is -0.497 e. The van der Waals surface area contributed by atoms with Gasteiger partial charge in [0, 0.05) is 16.3 Å². The van der Waals surface area contributed by atoms with Crippen LogP contribution in [-0.2, 0) is 5.54 Å². The lowest BCUT2D eigenvalue weighted by atomic mass is 9.86. The number of methoxy groups -OCH3 is 1. The van der Waals surface area contributed by atoms with Crippen molar-refractivity contribution in [2.75, 3.05) is 18.2 Å². The van der Waals surface area contributed by atoms with Crippen LogP contribution in [0.4, 0.5) is 5.69 Å². The monoisotopic (exact) mass is 403 g/mol. The van der Waals surface area contributed by atoms with Crippen molar-refractivity contribution >= 4 is 17.4 Å². The maximum absolute atomic E-state index is 5.33. The minimum absolute atomic E-state index is 0.181. The van der Waals surface area contributed by atoms with E-state index in [1.165, 1.54) is 10.5 Å². The number of thioether (sulfide) groups is 1. The molecule has 0 heterocycles. The molecule has 0 radical (unpaired) electrons. The maximum Gasteiger partial charge on any atom is 0.119 e. The number of hydrogen-bond donors (Lipinski definition) is 1. The van der Waals surface area contributed by atoms with Crippen LogP contribution in [-0.4, -0.2) is 12.9 Å². The van der Waals surface area contributed by atoms with Crippen molar-refractivity contribution in [3.05, 3.63) is 103 Å². The van der Waals surface area contributed by atoms with E-state index >= 15 is 0 Å². The Morgan fingerprint density at radius 3 is 2.21 bits per heavy atom. The molecule has 0 aliphatic carbocycles. The van der Waals surface area contributed by atoms with E-state index < -0.39 is 0 Å². The van der Waals surface area contributed by atoms with Gasteiger partial charge in [0.05, 0.1) is 12.6 Å². The van der Waals surface area contributed by atoms with Gasteiger partial charge in [-0.3, -0.25) is 0 Å². The second-order valence-corrected chi connectivity index (χ2v) is 8.13. The lowest BCUT2D eigenvalue weighted by Gasteiger charge is -2.37. The zero-order valence-corrected chi connectivity index (χ0v) is 17.8. The Hall–Kier alpha value is -2.65. The van der Waals surface area contributed by atoms with Crippen molar-refractivity contribution in [3.63, 3.8) is 0 Å². The molecule has 0 spiro atoms. The van der Waals surface area contributed by atoms with Crippen LogP contribution >= 0.6 is 11.8 Å². The van der Waals surface area contributed by atoms with Crippen molar-refractivity contribution in [2.45, 2.75) is 29.7 Å². The highest BCUT2D eigenvalue weighted by Gasteiger charge is 2.32. The van der Waals surface area contributed by atoms with Crippen LogP contribution in [0.15, 0.2) is 102 Å². The Balaban J connectivity index is 1.93. The lowest BCUT2D eigenvalue weighted by molar-refractivity contribution is 0.414. The molecule has 0 aliphatic heterocycles. The highest BCUT2D eigenvalue weighted by molar-refractivity contribution is 7.99. The summed E-state index contributed by atoms with van der Waals surface area (Å²) in [4.78, 5) is 1.29. The third-order valence-corrected chi connectivity index (χ3v) is 6.28. The van der Waals surface area contributed by atoms with E-state index in [1.54, 1.807) is 7.11 Å². The molecule has 3 heteroatoms. The summed E-state index contributed by atoms with van der Waals surface area (Å²) in [6.45, 7) is 3.91. The fraction of sp³-hybridized carbons (Fsp3) is 0.231. The van der Waals surface area contributed by atoms with Crippen LogP contribution in [0, 0.1) is 0 Å². The van der Waals surface area contributed by atoms with E-state index in [1.807, 2.05) is 30.0 Å². The van der Waals surface area contributed by atoms with E-state index in [-0.39, 0.29) is 5.54 Å². The summed E-state index contributed by atoms with van der Waals surface area (Å²) in [5, 5.41) is 3.88. The molecule has 0 aliphatic rings. The molecule has 0 bridgehead atoms. The number of unbranched alkanes of at least 4 members (excludes halogenated alkanes) is 1. The standard InChI is InChI=1S/C26H29NOS/c1-3-4-11-20-26(22-12-7-5-8-13-22,21-29-25-14-9-6-10-15-25)27-23-16-18-24(28-2)19-17-23/h3,5-10,12-19,27H,1,4,11,20-21H2,2H3. The third kappa shape index (κ3) is 5.91. The number of ether oxygens (including phenoxy) is 1. The SMILES string of the molecule is C=CCCCC(CSc1ccccc1)(Nc1ccc(OC)cc1)c1ccccc1. The highest BCUT2D eigenvalue weighted by atomic mass is 32.2. The Kier molecular flexibility index (Phi) is 7.83. The smallest absolute Gasteiger partial charge is 0.119 e. The van der Waals surface area contributed by atoms with Crippen LogP contribution < -0.4 is 10.1 Å². The zero-order valence-electron chi connectivity index (χ0n) is 17.0. The predicted molar refractivity (Wildman–Crippen MR) is 126 cm³/mol. The topological polar surface area (TPSA) is 21.3 Å². The van der Waals surface area contributed by atoms with E-state index in [2.05, 4.69) is 84.7 Å². The van der Waals surface area contributed by atoms with Gasteiger partial charge in [0.25, 0.3) is 0 Å². The number of rotatable bonds is 11. The summed E-state index contributed by atoms with van der Waals surface area (Å²) >= 11 is 1.89. The van der Waals surface area contributed by atoms with Gasteiger partial charge in [-0.05, 0) is 61.2 Å². The van der Waals surface area contributed by atoms with Crippen LogP contribution in [0.25, 0.3) is 0 Å². The molecular formula is C26H29NOS. The average Bonchev–Trinajstić information content (AvgIpc) is 2.79. The first-order valence-electron chi connectivity index (χ1n) is 10.0. The maximum atomic E-state index is 5.33. The third-order valence-electron chi connectivity index (χ3n) is 5.04. The van der Waals surface area contributed by atoms with Crippen LogP contribution in [0.3, 0.4) is 0 Å². The molecule has 0 fully saturated rings. The molecule has 1 atom stereocenters. The molecule has 3 aromatic carbocycles. The molecule has 1 unspecified atom stereocenters. The average molecular weight is 404 g/mol. The summed E-state index contributed by atoms with van der Waals surface area (Å²) in [5.41, 5.74) is 2.23. The normalized spacial score (nSPS) is 12.7. The highest BCUT2D eigenvalue weighted by Crippen LogP contribution is 2.37. The Morgan fingerprint density at radius 2 is 1.59 bits per heavy atom. The van der Waals surface area contributed by atoms with E-state index in [0.29, 0.717) is 0 Å². The van der Waals surface area contributed by atoms with E-state index in [0.717, 1.165) is 36.5 Å². The molecule has 0 aromatic heterocycles. The first kappa shape index (κ1) is 21.1. The first-order valence-corrected chi connectivity index (χ1v) is 11.0. The number of hydrogen-bond acceptors (Lipinski definition) is 3. The van der Waals surface area contributed by atoms with Gasteiger partial charge in [-0.1, -0.05) is 54.6 Å². The molecule has 0 amide bonds. The van der Waals surface area contributed by atoms with Crippen molar-refractivity contribution in [2.24, 2.45) is 0 Å².